The number of thiophene rings is 1. The van der Waals surface area contributed by atoms with Gasteiger partial charge in [0.2, 0.25) is 0 Å². The zero-order valence-electron chi connectivity index (χ0n) is 10.2. The summed E-state index contributed by atoms with van der Waals surface area (Å²) in [6, 6.07) is 2.14. The van der Waals surface area contributed by atoms with E-state index >= 15 is 0 Å². The van der Waals surface area contributed by atoms with E-state index in [4.69, 9.17) is 5.73 Å². The summed E-state index contributed by atoms with van der Waals surface area (Å²) in [5, 5.41) is 2.12. The van der Waals surface area contributed by atoms with Gasteiger partial charge in [-0.1, -0.05) is 6.42 Å². The van der Waals surface area contributed by atoms with E-state index in [0.29, 0.717) is 0 Å². The van der Waals surface area contributed by atoms with Crippen LogP contribution in [0.2, 0.25) is 0 Å². The summed E-state index contributed by atoms with van der Waals surface area (Å²) in [5.74, 6) is 1.09. The number of imidazole rings is 1. The van der Waals surface area contributed by atoms with Crippen LogP contribution in [0, 0.1) is 6.92 Å². The molecule has 0 radical (unpaired) electrons. The van der Waals surface area contributed by atoms with Crippen molar-refractivity contribution in [3.63, 3.8) is 0 Å². The molecule has 0 atom stereocenters. The van der Waals surface area contributed by atoms with Crippen LogP contribution in [0.5, 0.6) is 0 Å². The smallest absolute Gasteiger partial charge is 0.106 e. The van der Waals surface area contributed by atoms with E-state index in [9.17, 15) is 0 Å². The highest BCUT2D eigenvalue weighted by atomic mass is 32.1. The molecule has 0 amide bonds. The fourth-order valence-corrected chi connectivity index (χ4v) is 2.76. The van der Waals surface area contributed by atoms with Gasteiger partial charge in [0.05, 0.1) is 16.8 Å². The molecule has 0 aromatic carbocycles. The summed E-state index contributed by atoms with van der Waals surface area (Å²) in [4.78, 5) is 9.13. The predicted octanol–water partition coefficient (Wildman–Crippen LogP) is 3.12. The predicted molar refractivity (Wildman–Crippen MR) is 73.2 cm³/mol. The van der Waals surface area contributed by atoms with Crippen molar-refractivity contribution in [2.24, 2.45) is 5.73 Å². The zero-order valence-corrected chi connectivity index (χ0v) is 11.0. The first-order chi connectivity index (χ1) is 8.31. The highest BCUT2D eigenvalue weighted by Crippen LogP contribution is 2.27. The summed E-state index contributed by atoms with van der Waals surface area (Å²) in [5.41, 5.74) is 7.93. The summed E-state index contributed by atoms with van der Waals surface area (Å²) in [6.45, 7) is 2.92. The molecule has 0 aliphatic carbocycles. The minimum atomic E-state index is 0.789. The largest absolute Gasteiger partial charge is 0.341 e. The number of unbranched alkanes of at least 4 members (excludes halogenated alkanes) is 2. The van der Waals surface area contributed by atoms with Gasteiger partial charge < -0.3 is 10.7 Å². The third-order valence-corrected chi connectivity index (χ3v) is 3.90. The van der Waals surface area contributed by atoms with E-state index in [1.165, 1.54) is 16.9 Å². The number of aromatic nitrogens is 2. The Hall–Kier alpha value is -1.13. The lowest BCUT2D eigenvalue weighted by molar-refractivity contribution is 0.673. The van der Waals surface area contributed by atoms with E-state index in [1.807, 2.05) is 6.20 Å². The maximum absolute atomic E-state index is 5.47. The number of hydrogen-bond acceptors (Lipinski definition) is 3. The molecule has 4 heteroatoms. The van der Waals surface area contributed by atoms with Crippen molar-refractivity contribution in [3.05, 3.63) is 29.0 Å². The molecule has 0 spiro atoms. The Kier molecular flexibility index (Phi) is 4.34. The second kappa shape index (κ2) is 5.98. The number of H-pyrrole nitrogens is 1. The zero-order chi connectivity index (χ0) is 12.1. The molecule has 0 aliphatic heterocycles. The molecule has 0 fully saturated rings. The second-order valence-corrected chi connectivity index (χ2v) is 5.19. The Morgan fingerprint density at radius 3 is 2.94 bits per heavy atom. The van der Waals surface area contributed by atoms with Crippen LogP contribution >= 0.6 is 11.3 Å². The van der Waals surface area contributed by atoms with Gasteiger partial charge in [-0.15, -0.1) is 11.3 Å². The molecule has 0 saturated heterocycles. The van der Waals surface area contributed by atoms with Crippen molar-refractivity contribution in [1.82, 2.24) is 9.97 Å². The normalized spacial score (nSPS) is 10.9. The van der Waals surface area contributed by atoms with E-state index in [1.54, 1.807) is 11.3 Å². The van der Waals surface area contributed by atoms with Gasteiger partial charge >= 0.3 is 0 Å². The Labute approximate surface area is 106 Å². The van der Waals surface area contributed by atoms with Crippen LogP contribution in [-0.4, -0.2) is 16.5 Å². The van der Waals surface area contributed by atoms with E-state index in [0.717, 1.165) is 37.3 Å². The maximum Gasteiger partial charge on any atom is 0.106 e. The third kappa shape index (κ3) is 3.17. The highest BCUT2D eigenvalue weighted by molar-refractivity contribution is 7.13. The molecule has 0 bridgehead atoms. The molecule has 2 aromatic heterocycles. The molecular formula is C13H19N3S. The van der Waals surface area contributed by atoms with Crippen molar-refractivity contribution < 1.29 is 0 Å². The monoisotopic (exact) mass is 249 g/mol. The maximum atomic E-state index is 5.47. The lowest BCUT2D eigenvalue weighted by Crippen LogP contribution is -1.98. The fourth-order valence-electron chi connectivity index (χ4n) is 1.87. The molecular weight excluding hydrogens is 230 g/mol. The second-order valence-electron chi connectivity index (χ2n) is 4.28. The van der Waals surface area contributed by atoms with E-state index in [2.05, 4.69) is 28.3 Å². The van der Waals surface area contributed by atoms with Gasteiger partial charge in [-0.3, -0.25) is 0 Å². The van der Waals surface area contributed by atoms with Gasteiger partial charge in [-0.2, -0.15) is 0 Å². The minimum Gasteiger partial charge on any atom is -0.341 e. The van der Waals surface area contributed by atoms with Gasteiger partial charge in [-0.25, -0.2) is 4.98 Å². The van der Waals surface area contributed by atoms with Gasteiger partial charge in [0, 0.05) is 6.42 Å². The van der Waals surface area contributed by atoms with E-state index < -0.39 is 0 Å². The quantitative estimate of drug-likeness (QED) is 0.773. The number of nitrogens with one attached hydrogen (secondary N) is 1. The molecule has 17 heavy (non-hydrogen) atoms. The molecule has 92 valence electrons. The lowest BCUT2D eigenvalue weighted by Gasteiger charge is -1.97. The van der Waals surface area contributed by atoms with Crippen molar-refractivity contribution >= 4 is 11.3 Å². The fraction of sp³-hybridized carbons (Fsp3) is 0.462. The minimum absolute atomic E-state index is 0.789. The average Bonchev–Trinajstić information content (AvgIpc) is 2.93. The molecule has 2 heterocycles. The number of aryl methyl sites for hydroxylation is 2. The Bertz CT molecular complexity index is 459. The van der Waals surface area contributed by atoms with Crippen LogP contribution in [0.1, 0.15) is 30.7 Å². The third-order valence-electron chi connectivity index (χ3n) is 2.85. The molecule has 2 rings (SSSR count). The number of aromatic amines is 1. The topological polar surface area (TPSA) is 54.7 Å². The Balaban J connectivity index is 1.95. The number of nitrogens with zero attached hydrogens (tertiary/aromatic N) is 1. The van der Waals surface area contributed by atoms with Crippen LogP contribution < -0.4 is 5.73 Å². The van der Waals surface area contributed by atoms with Crippen molar-refractivity contribution in [2.45, 2.75) is 32.6 Å². The van der Waals surface area contributed by atoms with Crippen LogP contribution in [-0.2, 0) is 6.42 Å². The molecule has 2 aromatic rings. The number of nitrogens with two attached hydrogens (primary N) is 1. The highest BCUT2D eigenvalue weighted by Gasteiger charge is 2.06. The van der Waals surface area contributed by atoms with Crippen LogP contribution in [0.15, 0.2) is 17.6 Å². The van der Waals surface area contributed by atoms with Gasteiger partial charge in [0.25, 0.3) is 0 Å². The number of rotatable bonds is 6. The summed E-state index contributed by atoms with van der Waals surface area (Å²) in [6.07, 6.45) is 6.41. The molecule has 3 N–H and O–H groups in total. The standard InChI is InChI=1S/C13H19N3S/c1-10-6-8-17-13(10)11-9-15-12(16-11)5-3-2-4-7-14/h6,8-9H,2-5,7,14H2,1H3,(H,15,16). The average molecular weight is 249 g/mol. The molecule has 0 unspecified atom stereocenters. The van der Waals surface area contributed by atoms with Crippen LogP contribution in [0.4, 0.5) is 0 Å². The van der Waals surface area contributed by atoms with Crippen LogP contribution in [0.3, 0.4) is 0 Å². The molecule has 0 saturated carbocycles. The lowest BCUT2D eigenvalue weighted by atomic mass is 10.2. The molecule has 3 nitrogen and oxygen atoms in total. The first-order valence-corrected chi connectivity index (χ1v) is 6.97. The Morgan fingerprint density at radius 2 is 2.24 bits per heavy atom. The molecule has 0 aliphatic rings. The number of hydrogen-bond donors (Lipinski definition) is 2. The van der Waals surface area contributed by atoms with E-state index in [-0.39, 0.29) is 0 Å². The van der Waals surface area contributed by atoms with Gasteiger partial charge in [0.1, 0.15) is 5.82 Å². The summed E-state index contributed by atoms with van der Waals surface area (Å²) < 4.78 is 0. The Morgan fingerprint density at radius 1 is 1.35 bits per heavy atom. The SMILES string of the molecule is Cc1ccsc1-c1cnc(CCCCCN)[nH]1. The summed E-state index contributed by atoms with van der Waals surface area (Å²) in [7, 11) is 0. The van der Waals surface area contributed by atoms with Crippen molar-refractivity contribution in [1.29, 1.82) is 0 Å². The van der Waals surface area contributed by atoms with Crippen LogP contribution in [0.25, 0.3) is 10.6 Å². The van der Waals surface area contributed by atoms with Gasteiger partial charge in [-0.05, 0) is 43.3 Å². The first-order valence-electron chi connectivity index (χ1n) is 6.09. The van der Waals surface area contributed by atoms with Crippen molar-refractivity contribution in [2.75, 3.05) is 6.54 Å². The van der Waals surface area contributed by atoms with Crippen molar-refractivity contribution in [3.8, 4) is 10.6 Å². The van der Waals surface area contributed by atoms with Gasteiger partial charge in [0.15, 0.2) is 0 Å². The summed E-state index contributed by atoms with van der Waals surface area (Å²) >= 11 is 1.76. The first kappa shape index (κ1) is 12.3.